The lowest BCUT2D eigenvalue weighted by molar-refractivity contribution is -0.146. The van der Waals surface area contributed by atoms with Crippen LogP contribution in [0.1, 0.15) is 39.5 Å². The molecule has 3 rings (SSSR count). The van der Waals surface area contributed by atoms with Crippen LogP contribution in [0.4, 0.5) is 19.0 Å². The second-order valence-corrected chi connectivity index (χ2v) is 7.28. The molecule has 3 heterocycles. The fourth-order valence-electron chi connectivity index (χ4n) is 2.68. The highest BCUT2D eigenvalue weighted by atomic mass is 32.1. The minimum absolute atomic E-state index is 0.114. The van der Waals surface area contributed by atoms with Gasteiger partial charge in [-0.15, -0.1) is 26.6 Å². The molecule has 3 aromatic rings. The van der Waals surface area contributed by atoms with Crippen molar-refractivity contribution in [2.75, 3.05) is 11.9 Å². The number of fused-ring (bicyclic) bond motifs is 1. The molecule has 0 aromatic carbocycles. The molecule has 0 fully saturated rings. The zero-order valence-corrected chi connectivity index (χ0v) is 15.7. The summed E-state index contributed by atoms with van der Waals surface area (Å²) >= 11 is 1.65. The number of alkyl halides is 3. The molecule has 0 radical (unpaired) electrons. The van der Waals surface area contributed by atoms with Gasteiger partial charge in [-0.05, 0) is 32.8 Å². The van der Waals surface area contributed by atoms with Crippen molar-refractivity contribution in [1.82, 2.24) is 24.8 Å². The van der Waals surface area contributed by atoms with Gasteiger partial charge in [0.25, 0.3) is 5.82 Å². The summed E-state index contributed by atoms with van der Waals surface area (Å²) in [5.74, 6) is -0.730. The number of thiazole rings is 1. The van der Waals surface area contributed by atoms with E-state index in [9.17, 15) is 13.2 Å². The van der Waals surface area contributed by atoms with Crippen LogP contribution >= 0.6 is 11.3 Å². The van der Waals surface area contributed by atoms with Crippen molar-refractivity contribution in [3.05, 3.63) is 32.5 Å². The molecule has 140 valence electrons. The number of aryl methyl sites for hydroxylation is 3. The van der Waals surface area contributed by atoms with Crippen LogP contribution in [0.15, 0.2) is 0 Å². The smallest absolute Gasteiger partial charge is 0.368 e. The molecular formula is C16H19F3N6S. The van der Waals surface area contributed by atoms with Crippen molar-refractivity contribution in [2.45, 2.75) is 46.7 Å². The third-order valence-corrected chi connectivity index (χ3v) is 5.32. The van der Waals surface area contributed by atoms with Gasteiger partial charge in [0.15, 0.2) is 5.65 Å². The Morgan fingerprint density at radius 3 is 2.46 bits per heavy atom. The second-order valence-electron chi connectivity index (χ2n) is 6.00. The Balaban J connectivity index is 1.84. The predicted octanol–water partition coefficient (Wildman–Crippen LogP) is 3.74. The molecule has 3 aromatic heterocycles. The lowest BCUT2D eigenvalue weighted by Crippen LogP contribution is -2.16. The maximum Gasteiger partial charge on any atom is 0.453 e. The standard InChI is InChI=1S/C16H19F3N6S/c1-5-11-10(4)26-12(21-11)6-7-20-13-8(2)9(3)14-22-23-15(16(17,18)19)25(14)24-13/h5-7H2,1-4H3,(H,20,24). The minimum atomic E-state index is -4.61. The zero-order chi connectivity index (χ0) is 19.1. The Hall–Kier alpha value is -2.23. The number of halogens is 3. The summed E-state index contributed by atoms with van der Waals surface area (Å²) in [4.78, 5) is 5.77. The molecule has 0 aliphatic rings. The predicted molar refractivity (Wildman–Crippen MR) is 93.7 cm³/mol. The number of nitrogens with zero attached hydrogens (tertiary/aromatic N) is 5. The second kappa shape index (κ2) is 6.82. The monoisotopic (exact) mass is 384 g/mol. The molecule has 0 unspecified atom stereocenters. The Labute approximate surface area is 152 Å². The number of hydrogen-bond donors (Lipinski definition) is 1. The minimum Gasteiger partial charge on any atom is -0.368 e. The first-order valence-electron chi connectivity index (χ1n) is 8.21. The van der Waals surface area contributed by atoms with E-state index in [1.807, 2.05) is 6.92 Å². The number of rotatable bonds is 5. The first-order valence-corrected chi connectivity index (χ1v) is 9.02. The molecule has 1 N–H and O–H groups in total. The lowest BCUT2D eigenvalue weighted by Gasteiger charge is -2.12. The molecule has 0 saturated carbocycles. The van der Waals surface area contributed by atoms with Gasteiger partial charge < -0.3 is 5.32 Å². The molecular weight excluding hydrogens is 365 g/mol. The summed E-state index contributed by atoms with van der Waals surface area (Å²) < 4.78 is 40.0. The Bertz CT molecular complexity index is 944. The number of hydrogen-bond acceptors (Lipinski definition) is 6. The number of aromatic nitrogens is 5. The van der Waals surface area contributed by atoms with Crippen LogP contribution in [0.25, 0.3) is 5.65 Å². The van der Waals surface area contributed by atoms with Crippen LogP contribution in [-0.4, -0.2) is 31.3 Å². The van der Waals surface area contributed by atoms with Gasteiger partial charge in [0, 0.05) is 23.4 Å². The molecule has 26 heavy (non-hydrogen) atoms. The summed E-state index contributed by atoms with van der Waals surface area (Å²) in [7, 11) is 0. The van der Waals surface area contributed by atoms with E-state index in [0.717, 1.165) is 27.2 Å². The van der Waals surface area contributed by atoms with Crippen LogP contribution < -0.4 is 5.32 Å². The van der Waals surface area contributed by atoms with Crippen LogP contribution in [-0.2, 0) is 19.0 Å². The highest BCUT2D eigenvalue weighted by Gasteiger charge is 2.38. The zero-order valence-electron chi connectivity index (χ0n) is 14.9. The average Bonchev–Trinajstić information content (AvgIpc) is 3.15. The van der Waals surface area contributed by atoms with Gasteiger partial charge in [-0.2, -0.15) is 17.7 Å². The van der Waals surface area contributed by atoms with Crippen molar-refractivity contribution >= 4 is 22.8 Å². The summed E-state index contributed by atoms with van der Waals surface area (Å²) in [5, 5.41) is 15.1. The molecule has 0 bridgehead atoms. The third-order valence-electron chi connectivity index (χ3n) is 4.25. The van der Waals surface area contributed by atoms with Gasteiger partial charge in [-0.3, -0.25) is 0 Å². The Kier molecular flexibility index (Phi) is 4.87. The van der Waals surface area contributed by atoms with E-state index >= 15 is 0 Å². The topological polar surface area (TPSA) is 68.0 Å². The average molecular weight is 384 g/mol. The summed E-state index contributed by atoms with van der Waals surface area (Å²) in [6.45, 7) is 8.14. The molecule has 0 aliphatic heterocycles. The SMILES string of the molecule is CCc1nc(CCNc2nn3c(C(F)(F)F)nnc3c(C)c2C)sc1C. The largest absolute Gasteiger partial charge is 0.453 e. The van der Waals surface area contributed by atoms with Crippen molar-refractivity contribution in [2.24, 2.45) is 0 Å². The van der Waals surface area contributed by atoms with Crippen molar-refractivity contribution in [1.29, 1.82) is 0 Å². The highest BCUT2D eigenvalue weighted by Crippen LogP contribution is 2.29. The number of anilines is 1. The maximum absolute atomic E-state index is 13.1. The molecule has 0 saturated heterocycles. The van der Waals surface area contributed by atoms with E-state index in [4.69, 9.17) is 0 Å². The summed E-state index contributed by atoms with van der Waals surface area (Å²) in [5.41, 5.74) is 2.58. The highest BCUT2D eigenvalue weighted by molar-refractivity contribution is 7.11. The van der Waals surface area contributed by atoms with Crippen LogP contribution in [0.2, 0.25) is 0 Å². The van der Waals surface area contributed by atoms with Gasteiger partial charge >= 0.3 is 6.18 Å². The summed E-state index contributed by atoms with van der Waals surface area (Å²) in [6, 6.07) is 0. The maximum atomic E-state index is 13.1. The van der Waals surface area contributed by atoms with Crippen molar-refractivity contribution in [3.63, 3.8) is 0 Å². The van der Waals surface area contributed by atoms with Crippen LogP contribution in [0.3, 0.4) is 0 Å². The van der Waals surface area contributed by atoms with Crippen LogP contribution in [0.5, 0.6) is 0 Å². The molecule has 0 aliphatic carbocycles. The fourth-order valence-corrected chi connectivity index (χ4v) is 3.71. The van der Waals surface area contributed by atoms with Gasteiger partial charge in [0.05, 0.1) is 10.7 Å². The fraction of sp³-hybridized carbons (Fsp3) is 0.500. The van der Waals surface area contributed by atoms with Crippen LogP contribution in [0, 0.1) is 20.8 Å². The Morgan fingerprint density at radius 2 is 1.85 bits per heavy atom. The molecule has 0 spiro atoms. The van der Waals surface area contributed by atoms with Gasteiger partial charge in [-0.25, -0.2) is 4.98 Å². The van der Waals surface area contributed by atoms with Crippen molar-refractivity contribution in [3.8, 4) is 0 Å². The molecule has 0 amide bonds. The van der Waals surface area contributed by atoms with Gasteiger partial charge in [0.1, 0.15) is 5.82 Å². The van der Waals surface area contributed by atoms with E-state index < -0.39 is 12.0 Å². The van der Waals surface area contributed by atoms with E-state index in [-0.39, 0.29) is 5.65 Å². The molecule has 10 heteroatoms. The summed E-state index contributed by atoms with van der Waals surface area (Å²) in [6.07, 6.45) is -3.04. The van der Waals surface area contributed by atoms with Crippen molar-refractivity contribution < 1.29 is 13.2 Å². The number of nitrogens with one attached hydrogen (secondary N) is 1. The Morgan fingerprint density at radius 1 is 1.12 bits per heavy atom. The normalized spacial score (nSPS) is 12.1. The van der Waals surface area contributed by atoms with E-state index in [1.54, 1.807) is 25.2 Å². The quantitative estimate of drug-likeness (QED) is 0.726. The first-order chi connectivity index (χ1) is 12.2. The molecule has 6 nitrogen and oxygen atoms in total. The lowest BCUT2D eigenvalue weighted by atomic mass is 10.2. The molecule has 0 atom stereocenters. The van der Waals surface area contributed by atoms with E-state index in [1.165, 1.54) is 4.88 Å². The third kappa shape index (κ3) is 3.37. The van der Waals surface area contributed by atoms with E-state index in [2.05, 4.69) is 32.5 Å². The van der Waals surface area contributed by atoms with Gasteiger partial charge in [-0.1, -0.05) is 6.92 Å². The van der Waals surface area contributed by atoms with Gasteiger partial charge in [0.2, 0.25) is 0 Å². The van der Waals surface area contributed by atoms with E-state index in [0.29, 0.717) is 24.3 Å². The first kappa shape index (κ1) is 18.6.